The maximum atomic E-state index is 11.7. The Morgan fingerprint density at radius 2 is 2.14 bits per heavy atom. The molecule has 1 saturated heterocycles. The minimum absolute atomic E-state index is 0.0656. The number of carbonyl (C=O) groups excluding carboxylic acids is 2. The molecular weight excluding hydrogens is 280 g/mol. The van der Waals surface area contributed by atoms with Gasteiger partial charge in [0.2, 0.25) is 0 Å². The standard InChI is InChI=1S/C13H22N2O6/c1-3-21-10(16)5-4-6-14-12(19)15-9-7-20-8-13(9,2)11(17)18/h9H,3-8H2,1-2H3,(H,17,18)(H2,14,15,19). The average Bonchev–Trinajstić information content (AvgIpc) is 2.78. The van der Waals surface area contributed by atoms with Crippen LogP contribution in [-0.2, 0) is 19.1 Å². The molecule has 0 radical (unpaired) electrons. The van der Waals surface area contributed by atoms with Gasteiger partial charge in [0.15, 0.2) is 0 Å². The van der Waals surface area contributed by atoms with Crippen LogP contribution in [0.2, 0.25) is 0 Å². The van der Waals surface area contributed by atoms with Crippen LogP contribution < -0.4 is 10.6 Å². The second-order valence-electron chi connectivity index (χ2n) is 5.10. The topological polar surface area (TPSA) is 114 Å². The van der Waals surface area contributed by atoms with Gasteiger partial charge in [0.25, 0.3) is 0 Å². The number of ether oxygens (including phenoxy) is 2. The number of rotatable bonds is 7. The molecule has 8 nitrogen and oxygen atoms in total. The molecule has 1 aliphatic heterocycles. The van der Waals surface area contributed by atoms with Crippen LogP contribution in [0.25, 0.3) is 0 Å². The van der Waals surface area contributed by atoms with Gasteiger partial charge in [0.05, 0.1) is 25.9 Å². The van der Waals surface area contributed by atoms with Gasteiger partial charge in [-0.1, -0.05) is 0 Å². The van der Waals surface area contributed by atoms with Crippen LogP contribution in [0.15, 0.2) is 0 Å². The van der Waals surface area contributed by atoms with Crippen LogP contribution in [0.5, 0.6) is 0 Å². The number of carbonyl (C=O) groups is 3. The van der Waals surface area contributed by atoms with Gasteiger partial charge >= 0.3 is 18.0 Å². The van der Waals surface area contributed by atoms with Crippen molar-refractivity contribution in [3.05, 3.63) is 0 Å². The summed E-state index contributed by atoms with van der Waals surface area (Å²) in [6, 6.07) is -1.05. The largest absolute Gasteiger partial charge is 0.481 e. The summed E-state index contributed by atoms with van der Waals surface area (Å²) >= 11 is 0. The minimum Gasteiger partial charge on any atom is -0.481 e. The maximum absolute atomic E-state index is 11.7. The average molecular weight is 302 g/mol. The Hall–Kier alpha value is -1.83. The van der Waals surface area contributed by atoms with E-state index in [0.29, 0.717) is 19.6 Å². The fourth-order valence-electron chi connectivity index (χ4n) is 1.96. The van der Waals surface area contributed by atoms with E-state index in [0.717, 1.165) is 0 Å². The van der Waals surface area contributed by atoms with Gasteiger partial charge in [-0.05, 0) is 20.3 Å². The predicted octanol–water partition coefficient (Wildman–Crippen LogP) is 0.119. The fourth-order valence-corrected chi connectivity index (χ4v) is 1.96. The summed E-state index contributed by atoms with van der Waals surface area (Å²) < 4.78 is 9.90. The number of aliphatic carboxylic acids is 1. The Balaban J connectivity index is 2.28. The number of nitrogens with one attached hydrogen (secondary N) is 2. The number of carboxylic acids is 1. The van der Waals surface area contributed by atoms with Crippen molar-refractivity contribution in [1.29, 1.82) is 0 Å². The van der Waals surface area contributed by atoms with Crippen molar-refractivity contribution in [3.63, 3.8) is 0 Å². The Bertz CT molecular complexity index is 400. The lowest BCUT2D eigenvalue weighted by molar-refractivity contribution is -0.148. The van der Waals surface area contributed by atoms with E-state index >= 15 is 0 Å². The van der Waals surface area contributed by atoms with Gasteiger partial charge in [-0.15, -0.1) is 0 Å². The smallest absolute Gasteiger partial charge is 0.315 e. The Kier molecular flexibility index (Phi) is 6.41. The second kappa shape index (κ2) is 7.82. The lowest BCUT2D eigenvalue weighted by Gasteiger charge is -2.25. The molecule has 0 bridgehead atoms. The van der Waals surface area contributed by atoms with E-state index in [1.54, 1.807) is 6.92 Å². The van der Waals surface area contributed by atoms with Gasteiger partial charge in [-0.2, -0.15) is 0 Å². The molecule has 2 unspecified atom stereocenters. The summed E-state index contributed by atoms with van der Waals surface area (Å²) in [5.74, 6) is -1.31. The summed E-state index contributed by atoms with van der Waals surface area (Å²) in [6.45, 7) is 4.14. The molecule has 0 saturated carbocycles. The highest BCUT2D eigenvalue weighted by atomic mass is 16.5. The summed E-state index contributed by atoms with van der Waals surface area (Å²) in [4.78, 5) is 34.0. The van der Waals surface area contributed by atoms with Crippen molar-refractivity contribution >= 4 is 18.0 Å². The molecular formula is C13H22N2O6. The molecule has 2 amide bonds. The third-order valence-corrected chi connectivity index (χ3v) is 3.40. The number of urea groups is 1. The molecule has 8 heteroatoms. The normalized spacial score (nSPS) is 24.4. The first-order valence-electron chi connectivity index (χ1n) is 6.91. The molecule has 1 heterocycles. The molecule has 0 aromatic carbocycles. The van der Waals surface area contributed by atoms with Crippen molar-refractivity contribution < 1.29 is 29.0 Å². The van der Waals surface area contributed by atoms with Crippen LogP contribution in [0, 0.1) is 5.41 Å². The molecule has 1 rings (SSSR count). The zero-order valence-corrected chi connectivity index (χ0v) is 12.3. The second-order valence-corrected chi connectivity index (χ2v) is 5.10. The summed E-state index contributed by atoms with van der Waals surface area (Å²) in [5.41, 5.74) is -1.12. The van der Waals surface area contributed by atoms with Crippen LogP contribution in [0.3, 0.4) is 0 Å². The zero-order valence-electron chi connectivity index (χ0n) is 12.3. The van der Waals surface area contributed by atoms with E-state index < -0.39 is 23.5 Å². The minimum atomic E-state index is -1.12. The summed E-state index contributed by atoms with van der Waals surface area (Å²) in [7, 11) is 0. The van der Waals surface area contributed by atoms with Gasteiger partial charge in [0.1, 0.15) is 5.41 Å². The highest BCUT2D eigenvalue weighted by Gasteiger charge is 2.47. The lowest BCUT2D eigenvalue weighted by atomic mass is 9.85. The van der Waals surface area contributed by atoms with Gasteiger partial charge in [-0.25, -0.2) is 4.79 Å². The number of hydrogen-bond acceptors (Lipinski definition) is 5. The quantitative estimate of drug-likeness (QED) is 0.454. The maximum Gasteiger partial charge on any atom is 0.315 e. The van der Waals surface area contributed by atoms with E-state index in [1.807, 2.05) is 0 Å². The molecule has 21 heavy (non-hydrogen) atoms. The van der Waals surface area contributed by atoms with Crippen molar-refractivity contribution in [2.45, 2.75) is 32.7 Å². The molecule has 1 aliphatic rings. The van der Waals surface area contributed by atoms with E-state index in [1.165, 1.54) is 6.92 Å². The van der Waals surface area contributed by atoms with Crippen LogP contribution in [0.4, 0.5) is 4.79 Å². The van der Waals surface area contributed by atoms with Crippen molar-refractivity contribution in [2.75, 3.05) is 26.4 Å². The van der Waals surface area contributed by atoms with Crippen LogP contribution in [0.1, 0.15) is 26.7 Å². The lowest BCUT2D eigenvalue weighted by Crippen LogP contribution is -2.52. The molecule has 1 fully saturated rings. The highest BCUT2D eigenvalue weighted by Crippen LogP contribution is 2.28. The molecule has 0 aliphatic carbocycles. The van der Waals surface area contributed by atoms with Gasteiger partial charge in [-0.3, -0.25) is 9.59 Å². The Morgan fingerprint density at radius 3 is 2.76 bits per heavy atom. The molecule has 0 aromatic rings. The fraction of sp³-hybridized carbons (Fsp3) is 0.769. The monoisotopic (exact) mass is 302 g/mol. The zero-order chi connectivity index (χ0) is 15.9. The first-order chi connectivity index (χ1) is 9.90. The summed E-state index contributed by atoms with van der Waals surface area (Å²) in [6.07, 6.45) is 0.692. The number of esters is 1. The van der Waals surface area contributed by atoms with E-state index in [4.69, 9.17) is 9.47 Å². The van der Waals surface area contributed by atoms with Crippen LogP contribution in [-0.4, -0.2) is 55.5 Å². The number of amides is 2. The molecule has 0 spiro atoms. The van der Waals surface area contributed by atoms with E-state index in [2.05, 4.69) is 10.6 Å². The first kappa shape index (κ1) is 17.2. The Labute approximate surface area is 123 Å². The van der Waals surface area contributed by atoms with Gasteiger partial charge in [0, 0.05) is 13.0 Å². The number of carboxylic acid groups (broad SMARTS) is 1. The molecule has 3 N–H and O–H groups in total. The highest BCUT2D eigenvalue weighted by molar-refractivity contribution is 5.79. The van der Waals surface area contributed by atoms with Gasteiger partial charge < -0.3 is 25.2 Å². The molecule has 0 aromatic heterocycles. The predicted molar refractivity (Wildman–Crippen MR) is 72.8 cm³/mol. The first-order valence-corrected chi connectivity index (χ1v) is 6.91. The van der Waals surface area contributed by atoms with Crippen molar-refractivity contribution in [1.82, 2.24) is 10.6 Å². The Morgan fingerprint density at radius 1 is 1.43 bits per heavy atom. The number of hydrogen-bond donors (Lipinski definition) is 3. The van der Waals surface area contributed by atoms with Crippen molar-refractivity contribution in [3.8, 4) is 0 Å². The third kappa shape index (κ3) is 4.89. The van der Waals surface area contributed by atoms with E-state index in [9.17, 15) is 19.5 Å². The molecule has 2 atom stereocenters. The van der Waals surface area contributed by atoms with E-state index in [-0.39, 0.29) is 25.6 Å². The van der Waals surface area contributed by atoms with Crippen molar-refractivity contribution in [2.24, 2.45) is 5.41 Å². The molecule has 120 valence electrons. The third-order valence-electron chi connectivity index (χ3n) is 3.40. The van der Waals surface area contributed by atoms with Crippen LogP contribution >= 0.6 is 0 Å². The summed E-state index contributed by atoms with van der Waals surface area (Å²) in [5, 5.41) is 14.3. The SMILES string of the molecule is CCOC(=O)CCCNC(=O)NC1COCC1(C)C(=O)O.